The van der Waals surface area contributed by atoms with E-state index in [1.165, 1.54) is 32.4 Å². The number of aliphatic hydroxyl groups is 1. The number of hydrogen-bond acceptors (Lipinski definition) is 8. The number of carbonyl (C=O) groups excluding carboxylic acids is 1. The van der Waals surface area contributed by atoms with Crippen molar-refractivity contribution in [3.63, 3.8) is 0 Å². The maximum atomic E-state index is 13.1. The van der Waals surface area contributed by atoms with Crippen molar-refractivity contribution in [2.24, 2.45) is 0 Å². The maximum Gasteiger partial charge on any atom is 0.490 e. The molecule has 0 fully saturated rings. The summed E-state index contributed by atoms with van der Waals surface area (Å²) < 4.78 is 47.6. The van der Waals surface area contributed by atoms with Gasteiger partial charge >= 0.3 is 18.1 Å². The number of fused-ring (bicyclic) bond motifs is 1. The van der Waals surface area contributed by atoms with Crippen LogP contribution in [0.1, 0.15) is 26.4 Å². The molecule has 1 heterocycles. The number of pyridine rings is 1. The molecule has 0 atom stereocenters. The van der Waals surface area contributed by atoms with Gasteiger partial charge in [0.2, 0.25) is 5.78 Å². The number of benzene rings is 2. The highest BCUT2D eigenvalue weighted by Gasteiger charge is 2.38. The molecule has 0 aliphatic rings. The number of aliphatic hydroxyl groups excluding tert-OH is 1. The topological polar surface area (TPSA) is 152 Å². The molecule has 0 saturated heterocycles. The lowest BCUT2D eigenvalue weighted by Crippen LogP contribution is -2.21. The Morgan fingerprint density at radius 2 is 1.56 bits per heavy atom. The van der Waals surface area contributed by atoms with E-state index in [0.717, 1.165) is 6.20 Å². The number of aliphatic carboxylic acids is 1. The molecule has 0 bridgehead atoms. The highest BCUT2D eigenvalue weighted by Crippen LogP contribution is 2.35. The van der Waals surface area contributed by atoms with Crippen LogP contribution >= 0.6 is 0 Å². The molecular formula is C23H20F3NO9. The number of halogens is 3. The Hall–Kier alpha value is -4.39. The number of ketones is 1. The zero-order chi connectivity index (χ0) is 27.0. The van der Waals surface area contributed by atoms with E-state index in [0.29, 0.717) is 33.6 Å². The average Bonchev–Trinajstić information content (AvgIpc) is 2.85. The molecule has 192 valence electrons. The zero-order valence-corrected chi connectivity index (χ0v) is 18.8. The third-order valence-corrected chi connectivity index (χ3v) is 4.54. The van der Waals surface area contributed by atoms with Gasteiger partial charge in [-0.2, -0.15) is 13.2 Å². The summed E-state index contributed by atoms with van der Waals surface area (Å²) in [6.45, 7) is -0.0498. The standard InChI is InChI=1S/C21H19NO7.C2HF3O2/c1-27-17-9-14-15(10-18(17)28-2)19(22-11-16(14)21(25)26)20(24)12-4-3-5-13(8-12)29-7-6-23;3-2(4,5)1(6)7/h3-5,8-11,23H,6-7H2,1-2H3,(H,25,26);(H,6,7). The molecule has 1 aromatic heterocycles. The van der Waals surface area contributed by atoms with Crippen LogP contribution in [0.5, 0.6) is 17.2 Å². The Balaban J connectivity index is 0.000000572. The second-order valence-electron chi connectivity index (χ2n) is 6.81. The molecule has 0 aliphatic heterocycles. The van der Waals surface area contributed by atoms with Gasteiger partial charge in [-0.1, -0.05) is 12.1 Å². The molecule has 0 spiro atoms. The highest BCUT2D eigenvalue weighted by atomic mass is 19.4. The van der Waals surface area contributed by atoms with Gasteiger partial charge in [-0.25, -0.2) is 9.59 Å². The van der Waals surface area contributed by atoms with Crippen molar-refractivity contribution in [3.05, 3.63) is 59.4 Å². The molecule has 13 heteroatoms. The summed E-state index contributed by atoms with van der Waals surface area (Å²) in [4.78, 5) is 37.8. The second kappa shape index (κ2) is 11.8. The Morgan fingerprint density at radius 3 is 2.06 bits per heavy atom. The van der Waals surface area contributed by atoms with E-state index < -0.39 is 23.9 Å². The van der Waals surface area contributed by atoms with Crippen molar-refractivity contribution in [2.75, 3.05) is 27.4 Å². The lowest BCUT2D eigenvalue weighted by atomic mass is 9.99. The van der Waals surface area contributed by atoms with E-state index in [1.54, 1.807) is 18.2 Å². The molecule has 36 heavy (non-hydrogen) atoms. The summed E-state index contributed by atoms with van der Waals surface area (Å²) in [5.74, 6) is -3.23. The summed E-state index contributed by atoms with van der Waals surface area (Å²) in [6.07, 6.45) is -3.93. The van der Waals surface area contributed by atoms with E-state index in [-0.39, 0.29) is 24.5 Å². The Kier molecular flexibility index (Phi) is 9.16. The first-order valence-corrected chi connectivity index (χ1v) is 9.91. The number of carboxylic acid groups (broad SMARTS) is 2. The van der Waals surface area contributed by atoms with Gasteiger partial charge < -0.3 is 29.5 Å². The lowest BCUT2D eigenvalue weighted by Gasteiger charge is -2.13. The first-order chi connectivity index (χ1) is 16.9. The second-order valence-corrected chi connectivity index (χ2v) is 6.81. The van der Waals surface area contributed by atoms with Crippen molar-refractivity contribution >= 4 is 28.5 Å². The zero-order valence-electron chi connectivity index (χ0n) is 18.8. The van der Waals surface area contributed by atoms with Crippen LogP contribution in [0, 0.1) is 0 Å². The number of methoxy groups -OCH3 is 2. The number of rotatable bonds is 8. The van der Waals surface area contributed by atoms with Crippen molar-refractivity contribution in [1.82, 2.24) is 4.98 Å². The third kappa shape index (κ3) is 6.60. The Morgan fingerprint density at radius 1 is 0.972 bits per heavy atom. The van der Waals surface area contributed by atoms with Gasteiger partial charge in [0.1, 0.15) is 18.1 Å². The number of hydrogen-bond donors (Lipinski definition) is 3. The minimum atomic E-state index is -5.08. The molecule has 0 saturated carbocycles. The van der Waals surface area contributed by atoms with Gasteiger partial charge in [0.25, 0.3) is 0 Å². The van der Waals surface area contributed by atoms with Gasteiger partial charge in [0, 0.05) is 22.5 Å². The van der Waals surface area contributed by atoms with Gasteiger partial charge in [0.05, 0.1) is 26.4 Å². The van der Waals surface area contributed by atoms with Gasteiger partial charge in [-0.15, -0.1) is 0 Å². The predicted octanol–water partition coefficient (Wildman–Crippen LogP) is 3.19. The number of carboxylic acids is 2. The number of carbonyl (C=O) groups is 3. The van der Waals surface area contributed by atoms with Gasteiger partial charge in [-0.3, -0.25) is 9.78 Å². The molecule has 3 N–H and O–H groups in total. The Labute approximate surface area is 201 Å². The fourth-order valence-electron chi connectivity index (χ4n) is 2.94. The summed E-state index contributed by atoms with van der Waals surface area (Å²) in [5.41, 5.74) is 0.329. The molecule has 10 nitrogen and oxygen atoms in total. The summed E-state index contributed by atoms with van der Waals surface area (Å²) in [6, 6.07) is 9.51. The molecular weight excluding hydrogens is 491 g/mol. The van der Waals surface area contributed by atoms with Crippen molar-refractivity contribution in [2.45, 2.75) is 6.18 Å². The summed E-state index contributed by atoms with van der Waals surface area (Å²) in [5, 5.41) is 26.2. The minimum absolute atomic E-state index is 0.0578. The number of aromatic carboxylic acids is 1. The fraction of sp³-hybridized carbons (Fsp3) is 0.217. The molecule has 3 aromatic rings. The van der Waals surface area contributed by atoms with E-state index >= 15 is 0 Å². The van der Waals surface area contributed by atoms with Crippen LogP contribution in [0.3, 0.4) is 0 Å². The van der Waals surface area contributed by atoms with E-state index in [1.807, 2.05) is 0 Å². The quantitative estimate of drug-likeness (QED) is 0.385. The molecule has 0 unspecified atom stereocenters. The normalized spacial score (nSPS) is 10.7. The molecule has 0 radical (unpaired) electrons. The van der Waals surface area contributed by atoms with E-state index in [2.05, 4.69) is 4.98 Å². The Bertz CT molecular complexity index is 1280. The molecule has 3 rings (SSSR count). The van der Waals surface area contributed by atoms with Crippen LogP contribution in [0.4, 0.5) is 13.2 Å². The van der Waals surface area contributed by atoms with Crippen LogP contribution < -0.4 is 14.2 Å². The van der Waals surface area contributed by atoms with Crippen molar-refractivity contribution < 1.29 is 57.1 Å². The van der Waals surface area contributed by atoms with Crippen molar-refractivity contribution in [3.8, 4) is 17.2 Å². The molecule has 0 amide bonds. The number of aromatic nitrogens is 1. The SMILES string of the molecule is COc1cc2c(C(=O)O)cnc(C(=O)c3cccc(OCCO)c3)c2cc1OC.O=C(O)C(F)(F)F. The van der Waals surface area contributed by atoms with Crippen LogP contribution in [0.25, 0.3) is 10.8 Å². The van der Waals surface area contributed by atoms with Crippen LogP contribution in [-0.2, 0) is 4.79 Å². The first kappa shape index (κ1) is 27.9. The lowest BCUT2D eigenvalue weighted by molar-refractivity contribution is -0.192. The first-order valence-electron chi connectivity index (χ1n) is 9.91. The minimum Gasteiger partial charge on any atom is -0.493 e. The average molecular weight is 511 g/mol. The van der Waals surface area contributed by atoms with Crippen LogP contribution in [-0.4, -0.2) is 71.6 Å². The maximum absolute atomic E-state index is 13.1. The number of ether oxygens (including phenoxy) is 3. The predicted molar refractivity (Wildman–Crippen MR) is 118 cm³/mol. The van der Waals surface area contributed by atoms with E-state index in [4.69, 9.17) is 29.2 Å². The monoisotopic (exact) mass is 511 g/mol. The number of alkyl halides is 3. The van der Waals surface area contributed by atoms with Gasteiger partial charge in [0.15, 0.2) is 11.5 Å². The fourth-order valence-corrected chi connectivity index (χ4v) is 2.94. The molecule has 2 aromatic carbocycles. The van der Waals surface area contributed by atoms with Crippen LogP contribution in [0.2, 0.25) is 0 Å². The smallest absolute Gasteiger partial charge is 0.490 e. The van der Waals surface area contributed by atoms with Gasteiger partial charge in [-0.05, 0) is 24.3 Å². The van der Waals surface area contributed by atoms with E-state index in [9.17, 15) is 27.9 Å². The third-order valence-electron chi connectivity index (χ3n) is 4.54. The van der Waals surface area contributed by atoms with Crippen molar-refractivity contribution in [1.29, 1.82) is 0 Å². The number of nitrogens with zero attached hydrogens (tertiary/aromatic N) is 1. The summed E-state index contributed by atoms with van der Waals surface area (Å²) >= 11 is 0. The highest BCUT2D eigenvalue weighted by molar-refractivity contribution is 6.18. The van der Waals surface area contributed by atoms with Crippen LogP contribution in [0.15, 0.2) is 42.6 Å². The largest absolute Gasteiger partial charge is 0.493 e. The molecule has 0 aliphatic carbocycles. The summed E-state index contributed by atoms with van der Waals surface area (Å²) in [7, 11) is 2.89.